The van der Waals surface area contributed by atoms with Crippen molar-refractivity contribution in [2.45, 2.75) is 32.7 Å². The molecule has 0 aliphatic rings. The van der Waals surface area contributed by atoms with E-state index in [1.807, 2.05) is 37.3 Å². The Morgan fingerprint density at radius 3 is 2.59 bits per heavy atom. The van der Waals surface area contributed by atoms with Crippen LogP contribution in [0.4, 0.5) is 0 Å². The number of carboxylic acids is 1. The molecule has 1 amide bonds. The van der Waals surface area contributed by atoms with Crippen LogP contribution in [0.5, 0.6) is 5.75 Å². The highest BCUT2D eigenvalue weighted by Crippen LogP contribution is 2.38. The minimum atomic E-state index is -1.26. The summed E-state index contributed by atoms with van der Waals surface area (Å²) in [6.45, 7) is 3.65. The van der Waals surface area contributed by atoms with Crippen LogP contribution in [0.3, 0.4) is 0 Å². The first-order chi connectivity index (χ1) is 19.7. The molecule has 206 valence electrons. The summed E-state index contributed by atoms with van der Waals surface area (Å²) in [6, 6.07) is 15.1. The molecule has 0 aliphatic carbocycles. The first-order valence-corrected chi connectivity index (χ1v) is 13.0. The van der Waals surface area contributed by atoms with Gasteiger partial charge in [-0.15, -0.1) is 0 Å². The third kappa shape index (κ3) is 4.61. The predicted molar refractivity (Wildman–Crippen MR) is 154 cm³/mol. The number of hydrogen-bond donors (Lipinski definition) is 4. The van der Waals surface area contributed by atoms with Crippen LogP contribution in [0, 0.1) is 13.8 Å². The number of phenolic OH excluding ortho intramolecular Hbond substituents is 1. The van der Waals surface area contributed by atoms with Crippen LogP contribution in [-0.4, -0.2) is 33.1 Å². The zero-order valence-electron chi connectivity index (χ0n) is 22.3. The Balaban J connectivity index is 1.33. The summed E-state index contributed by atoms with van der Waals surface area (Å²) >= 11 is 0. The van der Waals surface area contributed by atoms with Gasteiger partial charge in [-0.1, -0.05) is 30.3 Å². The van der Waals surface area contributed by atoms with Crippen LogP contribution in [0.2, 0.25) is 0 Å². The summed E-state index contributed by atoms with van der Waals surface area (Å²) in [5.74, 6) is -1.82. The smallest absolute Gasteiger partial charge is 0.340 e. The van der Waals surface area contributed by atoms with Crippen molar-refractivity contribution < 1.29 is 28.6 Å². The number of aliphatic carboxylic acids is 1. The van der Waals surface area contributed by atoms with E-state index in [2.05, 4.69) is 10.3 Å². The Morgan fingerprint density at radius 1 is 1.05 bits per heavy atom. The quantitative estimate of drug-likeness (QED) is 0.196. The van der Waals surface area contributed by atoms with Crippen molar-refractivity contribution in [2.24, 2.45) is 0 Å². The molecule has 0 saturated heterocycles. The molecule has 41 heavy (non-hydrogen) atoms. The van der Waals surface area contributed by atoms with E-state index in [1.165, 1.54) is 12.1 Å². The standard InChI is InChI=1S/C32H26N2O7/c1-16-10-26-29(30-28(16)23(15-40-30)18-6-4-3-5-7-18)17(2)21(32(39)41-26)13-27(36)34-25(31(37)38)11-19-14-33-24-9-8-20(35)12-22(19)24/h3-10,12,14-15,25,33,35H,11,13H2,1-2H3,(H,34,36)(H,37,38). The number of H-pyrrole nitrogens is 1. The maximum atomic E-state index is 13.1. The Bertz CT molecular complexity index is 2030. The van der Waals surface area contributed by atoms with Gasteiger partial charge in [-0.3, -0.25) is 4.79 Å². The van der Waals surface area contributed by atoms with E-state index in [9.17, 15) is 24.6 Å². The number of aromatic nitrogens is 1. The minimum Gasteiger partial charge on any atom is -0.508 e. The average Bonchev–Trinajstić information content (AvgIpc) is 3.56. The third-order valence-corrected chi connectivity index (χ3v) is 7.51. The lowest BCUT2D eigenvalue weighted by Gasteiger charge is -2.15. The molecule has 0 radical (unpaired) electrons. The van der Waals surface area contributed by atoms with Crippen LogP contribution >= 0.6 is 0 Å². The number of carbonyl (C=O) groups is 2. The van der Waals surface area contributed by atoms with Crippen LogP contribution < -0.4 is 10.9 Å². The number of aryl methyl sites for hydroxylation is 2. The molecule has 4 N–H and O–H groups in total. The van der Waals surface area contributed by atoms with Crippen molar-refractivity contribution in [1.82, 2.24) is 10.3 Å². The van der Waals surface area contributed by atoms with Gasteiger partial charge in [0.1, 0.15) is 23.0 Å². The molecule has 0 aliphatic heterocycles. The van der Waals surface area contributed by atoms with Crippen LogP contribution in [0.15, 0.2) is 80.7 Å². The maximum absolute atomic E-state index is 13.1. The molecule has 0 bridgehead atoms. The van der Waals surface area contributed by atoms with Crippen LogP contribution in [0.1, 0.15) is 22.3 Å². The van der Waals surface area contributed by atoms with Gasteiger partial charge in [0.15, 0.2) is 0 Å². The lowest BCUT2D eigenvalue weighted by atomic mass is 9.96. The Labute approximate surface area is 233 Å². The molecule has 3 aromatic heterocycles. The molecular formula is C32H26N2O7. The molecule has 0 fully saturated rings. The largest absolute Gasteiger partial charge is 0.508 e. The average molecular weight is 551 g/mol. The molecule has 1 atom stereocenters. The van der Waals surface area contributed by atoms with Crippen molar-refractivity contribution in [3.8, 4) is 16.9 Å². The number of fused-ring (bicyclic) bond motifs is 4. The van der Waals surface area contributed by atoms with Crippen molar-refractivity contribution in [3.05, 3.63) is 99.7 Å². The maximum Gasteiger partial charge on any atom is 0.340 e. The number of aromatic hydroxyl groups is 1. The van der Waals surface area contributed by atoms with Gasteiger partial charge < -0.3 is 29.3 Å². The second-order valence-electron chi connectivity index (χ2n) is 10.2. The summed E-state index contributed by atoms with van der Waals surface area (Å²) < 4.78 is 11.7. The molecular weight excluding hydrogens is 524 g/mol. The number of hydrogen-bond acceptors (Lipinski definition) is 6. The zero-order valence-corrected chi connectivity index (χ0v) is 22.3. The fraction of sp³-hybridized carbons (Fsp3) is 0.156. The number of rotatable bonds is 7. The molecule has 3 heterocycles. The lowest BCUT2D eigenvalue weighted by molar-refractivity contribution is -0.141. The highest BCUT2D eigenvalue weighted by Gasteiger charge is 2.25. The number of carbonyl (C=O) groups excluding carboxylic acids is 1. The highest BCUT2D eigenvalue weighted by atomic mass is 16.4. The van der Waals surface area contributed by atoms with E-state index < -0.39 is 23.5 Å². The Hall–Kier alpha value is -5.31. The summed E-state index contributed by atoms with van der Waals surface area (Å²) in [4.78, 5) is 41.2. The lowest BCUT2D eigenvalue weighted by Crippen LogP contribution is -2.43. The summed E-state index contributed by atoms with van der Waals surface area (Å²) in [5.41, 5.74) is 4.99. The fourth-order valence-corrected chi connectivity index (χ4v) is 5.48. The zero-order chi connectivity index (χ0) is 28.8. The van der Waals surface area contributed by atoms with E-state index in [0.717, 1.165) is 27.6 Å². The number of aromatic amines is 1. The number of amides is 1. The molecule has 6 rings (SSSR count). The summed E-state index contributed by atoms with van der Waals surface area (Å²) in [7, 11) is 0. The number of phenols is 1. The topological polar surface area (TPSA) is 146 Å². The molecule has 9 nitrogen and oxygen atoms in total. The summed E-state index contributed by atoms with van der Waals surface area (Å²) in [6.07, 6.45) is 2.93. The van der Waals surface area contributed by atoms with Gasteiger partial charge >= 0.3 is 11.6 Å². The van der Waals surface area contributed by atoms with E-state index in [-0.39, 0.29) is 24.2 Å². The Kier molecular flexibility index (Phi) is 6.34. The van der Waals surface area contributed by atoms with Gasteiger partial charge in [0, 0.05) is 34.5 Å². The van der Waals surface area contributed by atoms with Gasteiger partial charge in [0.25, 0.3) is 0 Å². The Morgan fingerprint density at radius 2 is 1.83 bits per heavy atom. The first kappa shape index (κ1) is 25.9. The second-order valence-corrected chi connectivity index (χ2v) is 10.2. The van der Waals surface area contributed by atoms with Gasteiger partial charge in [-0.05, 0) is 60.4 Å². The van der Waals surface area contributed by atoms with Gasteiger partial charge in [0.05, 0.1) is 23.6 Å². The van der Waals surface area contributed by atoms with Crippen molar-refractivity contribution >= 4 is 44.7 Å². The van der Waals surface area contributed by atoms with Crippen LogP contribution in [0.25, 0.3) is 44.0 Å². The van der Waals surface area contributed by atoms with E-state index in [4.69, 9.17) is 8.83 Å². The monoisotopic (exact) mass is 550 g/mol. The fourth-order valence-electron chi connectivity index (χ4n) is 5.48. The second kappa shape index (κ2) is 10.0. The van der Waals surface area contributed by atoms with Crippen molar-refractivity contribution in [2.75, 3.05) is 0 Å². The number of carboxylic acid groups (broad SMARTS) is 1. The SMILES string of the molecule is Cc1cc2oc(=O)c(CC(=O)NC(Cc3c[nH]c4ccc(O)cc34)C(=O)O)c(C)c2c2occ(-c3ccccc3)c12. The van der Waals surface area contributed by atoms with Gasteiger partial charge in [0.2, 0.25) is 5.91 Å². The number of benzene rings is 3. The highest BCUT2D eigenvalue weighted by molar-refractivity contribution is 6.11. The normalized spacial score (nSPS) is 12.2. The molecule has 9 heteroatoms. The van der Waals surface area contributed by atoms with Gasteiger partial charge in [-0.2, -0.15) is 0 Å². The first-order valence-electron chi connectivity index (χ1n) is 13.0. The van der Waals surface area contributed by atoms with E-state index in [0.29, 0.717) is 33.1 Å². The number of nitrogens with one attached hydrogen (secondary N) is 2. The molecule has 0 saturated carbocycles. The molecule has 1 unspecified atom stereocenters. The van der Waals surface area contributed by atoms with E-state index >= 15 is 0 Å². The van der Waals surface area contributed by atoms with Crippen molar-refractivity contribution in [1.29, 1.82) is 0 Å². The minimum absolute atomic E-state index is 0.0234. The molecule has 0 spiro atoms. The van der Waals surface area contributed by atoms with Gasteiger partial charge in [-0.25, -0.2) is 9.59 Å². The molecule has 6 aromatic rings. The number of furan rings is 1. The van der Waals surface area contributed by atoms with Crippen LogP contribution in [-0.2, 0) is 22.4 Å². The predicted octanol–water partition coefficient (Wildman–Crippen LogP) is 5.36. The third-order valence-electron chi connectivity index (χ3n) is 7.51. The summed E-state index contributed by atoms with van der Waals surface area (Å²) in [5, 5.41) is 24.3. The molecule has 3 aromatic carbocycles. The van der Waals surface area contributed by atoms with Crippen molar-refractivity contribution in [3.63, 3.8) is 0 Å². The van der Waals surface area contributed by atoms with E-state index in [1.54, 1.807) is 31.5 Å².